The first kappa shape index (κ1) is 22.1. The molecule has 1 fully saturated rings. The van der Waals surface area contributed by atoms with Crippen molar-refractivity contribution in [2.45, 2.75) is 37.7 Å². The Labute approximate surface area is 176 Å². The molecule has 0 unspecified atom stereocenters. The van der Waals surface area contributed by atoms with Gasteiger partial charge >= 0.3 is 12.2 Å². The molecular weight excluding hydrogens is 421 g/mol. The van der Waals surface area contributed by atoms with Crippen LogP contribution in [0.25, 0.3) is 0 Å². The van der Waals surface area contributed by atoms with Gasteiger partial charge in [-0.05, 0) is 41.3 Å². The first-order chi connectivity index (χ1) is 13.9. The molecule has 2 aromatic rings. The smallest absolute Gasteiger partial charge is 0.363 e. The van der Waals surface area contributed by atoms with Crippen LogP contribution in [0.1, 0.15) is 47.3 Å². The molecule has 30 heavy (non-hydrogen) atoms. The minimum atomic E-state index is -5.30. The second kappa shape index (κ2) is 7.92. The first-order valence-electron chi connectivity index (χ1n) is 9.21. The van der Waals surface area contributed by atoms with Gasteiger partial charge in [0, 0.05) is 10.6 Å². The van der Waals surface area contributed by atoms with Gasteiger partial charge in [0.15, 0.2) is 5.78 Å². The summed E-state index contributed by atoms with van der Waals surface area (Å²) in [5.41, 5.74) is -2.63. The molecule has 1 saturated heterocycles. The van der Waals surface area contributed by atoms with Crippen molar-refractivity contribution < 1.29 is 27.9 Å². The van der Waals surface area contributed by atoms with Crippen LogP contribution < -0.4 is 10.6 Å². The monoisotopic (exact) mass is 440 g/mol. The number of hydrogen-bond donors (Lipinski definition) is 3. The van der Waals surface area contributed by atoms with E-state index in [4.69, 9.17) is 11.6 Å². The number of ketones is 1. The predicted octanol–water partition coefficient (Wildman–Crippen LogP) is 4.57. The number of rotatable bonds is 4. The lowest BCUT2D eigenvalue weighted by Gasteiger charge is -2.45. The molecule has 5 nitrogen and oxygen atoms in total. The molecule has 160 valence electrons. The highest BCUT2D eigenvalue weighted by Gasteiger charge is 2.66. The summed E-state index contributed by atoms with van der Waals surface area (Å²) in [6.45, 7) is 3.91. The minimum absolute atomic E-state index is 0.0752. The molecule has 1 heterocycles. The van der Waals surface area contributed by atoms with Crippen LogP contribution in [0.4, 0.5) is 18.0 Å². The molecule has 0 aliphatic carbocycles. The third kappa shape index (κ3) is 4.02. The van der Waals surface area contributed by atoms with Crippen molar-refractivity contribution in [1.82, 2.24) is 10.6 Å². The number of amides is 2. The van der Waals surface area contributed by atoms with Crippen molar-refractivity contribution in [3.63, 3.8) is 0 Å². The lowest BCUT2D eigenvalue weighted by Crippen LogP contribution is -2.72. The van der Waals surface area contributed by atoms with Crippen LogP contribution >= 0.6 is 11.6 Å². The predicted molar refractivity (Wildman–Crippen MR) is 105 cm³/mol. The van der Waals surface area contributed by atoms with Crippen LogP contribution in [0.15, 0.2) is 48.5 Å². The second-order valence-electron chi connectivity index (χ2n) is 7.51. The highest BCUT2D eigenvalue weighted by atomic mass is 35.5. The molecule has 0 saturated carbocycles. The van der Waals surface area contributed by atoms with E-state index in [0.29, 0.717) is 5.02 Å². The number of Topliss-reactive ketones (excluding diaryl/α,β-unsaturated/α-hetero) is 1. The van der Waals surface area contributed by atoms with Crippen LogP contribution in [0.3, 0.4) is 0 Å². The number of nitrogens with one attached hydrogen (secondary N) is 2. The summed E-state index contributed by atoms with van der Waals surface area (Å²) < 4.78 is 41.6. The Hall–Kier alpha value is -2.58. The SMILES string of the molecule is CC(C)c1ccc([C@H]2NC(=O)N[C@@](O)(C(F)(F)F)[C@@H]2C(=O)c2ccc(Cl)cc2)cc1. The van der Waals surface area contributed by atoms with Crippen molar-refractivity contribution in [2.24, 2.45) is 5.92 Å². The summed E-state index contributed by atoms with van der Waals surface area (Å²) in [5.74, 6) is -2.88. The van der Waals surface area contributed by atoms with Crippen LogP contribution in [0.5, 0.6) is 0 Å². The molecule has 1 aliphatic heterocycles. The maximum atomic E-state index is 13.9. The van der Waals surface area contributed by atoms with Gasteiger partial charge in [0.05, 0.1) is 6.04 Å². The number of carbonyl (C=O) groups is 2. The summed E-state index contributed by atoms with van der Waals surface area (Å²) >= 11 is 5.80. The quantitative estimate of drug-likeness (QED) is 0.609. The Bertz CT molecular complexity index is 945. The van der Waals surface area contributed by atoms with Crippen LogP contribution in [-0.4, -0.2) is 28.8 Å². The molecule has 3 N–H and O–H groups in total. The van der Waals surface area contributed by atoms with Crippen LogP contribution in [0.2, 0.25) is 5.02 Å². The van der Waals surface area contributed by atoms with E-state index >= 15 is 0 Å². The van der Waals surface area contributed by atoms with Gasteiger partial charge in [-0.2, -0.15) is 13.2 Å². The number of carbonyl (C=O) groups excluding carboxylic acids is 2. The molecule has 2 amide bonds. The van der Waals surface area contributed by atoms with Gasteiger partial charge in [-0.1, -0.05) is 49.7 Å². The van der Waals surface area contributed by atoms with Crippen molar-refractivity contribution in [2.75, 3.05) is 0 Å². The van der Waals surface area contributed by atoms with Crippen LogP contribution in [-0.2, 0) is 0 Å². The Kier molecular flexibility index (Phi) is 5.84. The van der Waals surface area contributed by atoms with E-state index in [0.717, 1.165) is 5.56 Å². The molecule has 0 bridgehead atoms. The third-order valence-electron chi connectivity index (χ3n) is 5.18. The summed E-state index contributed by atoms with van der Waals surface area (Å²) in [5, 5.41) is 14.7. The molecular formula is C21H20ClF3N2O3. The van der Waals surface area contributed by atoms with E-state index in [-0.39, 0.29) is 17.0 Å². The van der Waals surface area contributed by atoms with Crippen molar-refractivity contribution >= 4 is 23.4 Å². The summed E-state index contributed by atoms with van der Waals surface area (Å²) in [7, 11) is 0. The number of benzene rings is 2. The maximum absolute atomic E-state index is 13.9. The second-order valence-corrected chi connectivity index (χ2v) is 7.95. The van der Waals surface area contributed by atoms with Gasteiger partial charge in [0.25, 0.3) is 0 Å². The van der Waals surface area contributed by atoms with Crippen molar-refractivity contribution in [3.05, 3.63) is 70.2 Å². The lowest BCUT2D eigenvalue weighted by molar-refractivity contribution is -0.287. The number of halogens is 4. The Balaban J connectivity index is 2.13. The fourth-order valence-corrected chi connectivity index (χ4v) is 3.62. The zero-order chi connectivity index (χ0) is 22.3. The zero-order valence-electron chi connectivity index (χ0n) is 16.1. The molecule has 0 radical (unpaired) electrons. The molecule has 1 aliphatic rings. The fraction of sp³-hybridized carbons (Fsp3) is 0.333. The van der Waals surface area contributed by atoms with E-state index in [9.17, 15) is 27.9 Å². The van der Waals surface area contributed by atoms with Crippen molar-refractivity contribution in [3.8, 4) is 0 Å². The summed E-state index contributed by atoms with van der Waals surface area (Å²) in [4.78, 5) is 25.2. The zero-order valence-corrected chi connectivity index (χ0v) is 16.9. The molecule has 9 heteroatoms. The van der Waals surface area contributed by atoms with Crippen molar-refractivity contribution in [1.29, 1.82) is 0 Å². The molecule has 3 atom stereocenters. The average Bonchev–Trinajstić information content (AvgIpc) is 2.66. The first-order valence-corrected chi connectivity index (χ1v) is 9.59. The van der Waals surface area contributed by atoms with Crippen LogP contribution in [0, 0.1) is 5.92 Å². The Morgan fingerprint density at radius 2 is 1.67 bits per heavy atom. The number of aliphatic hydroxyl groups is 1. The molecule has 0 aromatic heterocycles. The lowest BCUT2D eigenvalue weighted by atomic mass is 9.77. The summed E-state index contributed by atoms with van der Waals surface area (Å²) in [6.07, 6.45) is -5.30. The average molecular weight is 441 g/mol. The largest absolute Gasteiger partial charge is 0.437 e. The topological polar surface area (TPSA) is 78.4 Å². The Morgan fingerprint density at radius 3 is 2.17 bits per heavy atom. The van der Waals surface area contributed by atoms with E-state index in [2.05, 4.69) is 5.32 Å². The molecule has 0 spiro atoms. The molecule has 3 rings (SSSR count). The highest BCUT2D eigenvalue weighted by molar-refractivity contribution is 6.30. The van der Waals surface area contributed by atoms with Gasteiger partial charge in [-0.3, -0.25) is 4.79 Å². The number of alkyl halides is 3. The highest BCUT2D eigenvalue weighted by Crippen LogP contribution is 2.44. The third-order valence-corrected chi connectivity index (χ3v) is 5.43. The van der Waals surface area contributed by atoms with E-state index in [1.165, 1.54) is 29.6 Å². The molecule has 2 aromatic carbocycles. The normalized spacial score (nSPS) is 24.3. The van der Waals surface area contributed by atoms with Gasteiger partial charge in [-0.25, -0.2) is 4.79 Å². The fourth-order valence-electron chi connectivity index (χ4n) is 3.50. The van der Waals surface area contributed by atoms with Gasteiger partial charge in [0.2, 0.25) is 5.72 Å². The van der Waals surface area contributed by atoms with E-state index in [1.54, 1.807) is 24.3 Å². The van der Waals surface area contributed by atoms with Gasteiger partial charge in [0.1, 0.15) is 5.92 Å². The standard InChI is InChI=1S/C21H20ClF3N2O3/c1-11(2)12-3-5-13(6-4-12)17-16(18(28)14-7-9-15(22)10-8-14)20(30,21(23,24)25)27-19(29)26-17/h3-11,16-17,30H,1-2H3,(H2,26,27,29)/t16-,17+,20-/m0/s1. The number of urea groups is 1. The van der Waals surface area contributed by atoms with E-state index in [1.807, 2.05) is 13.8 Å². The van der Waals surface area contributed by atoms with Gasteiger partial charge < -0.3 is 15.7 Å². The minimum Gasteiger partial charge on any atom is -0.363 e. The summed E-state index contributed by atoms with van der Waals surface area (Å²) in [6, 6.07) is 9.16. The number of hydrogen-bond acceptors (Lipinski definition) is 3. The Morgan fingerprint density at radius 1 is 1.10 bits per heavy atom. The maximum Gasteiger partial charge on any atom is 0.437 e. The van der Waals surface area contributed by atoms with E-state index < -0.39 is 35.7 Å². The van der Waals surface area contributed by atoms with Gasteiger partial charge in [-0.15, -0.1) is 0 Å².